The smallest absolute Gasteiger partial charge is 0.128 e. The molecule has 0 saturated carbocycles. The van der Waals surface area contributed by atoms with Gasteiger partial charge in [-0.15, -0.1) is 0 Å². The minimum atomic E-state index is 0.752. The van der Waals surface area contributed by atoms with Gasteiger partial charge in [0.1, 0.15) is 5.82 Å². The molecular weight excluding hydrogens is 212 g/mol. The molecule has 0 radical (unpaired) electrons. The maximum Gasteiger partial charge on any atom is 0.128 e. The molecule has 88 valence electrons. The number of anilines is 1. The molecule has 0 spiro atoms. The van der Waals surface area contributed by atoms with Gasteiger partial charge in [0, 0.05) is 30.6 Å². The fourth-order valence-corrected chi connectivity index (χ4v) is 1.58. The van der Waals surface area contributed by atoms with Crippen molar-refractivity contribution in [3.05, 3.63) is 28.9 Å². The fraction of sp³-hybridized carbons (Fsp3) is 0.231. The maximum absolute atomic E-state index is 4.32. The van der Waals surface area contributed by atoms with Crippen LogP contribution in [0.4, 0.5) is 5.82 Å². The first-order valence-electron chi connectivity index (χ1n) is 5.53. The van der Waals surface area contributed by atoms with Gasteiger partial charge in [0.25, 0.3) is 0 Å². The Hall–Kier alpha value is -2.10. The number of hydrogen-bond acceptors (Lipinski definition) is 3. The van der Waals surface area contributed by atoms with Crippen LogP contribution in [0.15, 0.2) is 18.3 Å². The van der Waals surface area contributed by atoms with Gasteiger partial charge in [0.15, 0.2) is 0 Å². The summed E-state index contributed by atoms with van der Waals surface area (Å²) in [5, 5.41) is 8.64. The average molecular weight is 228 g/mol. The molecule has 0 atom stereocenters. The van der Waals surface area contributed by atoms with Crippen molar-refractivity contribution < 1.29 is 0 Å². The van der Waals surface area contributed by atoms with Gasteiger partial charge in [0.05, 0.1) is 11.0 Å². The second kappa shape index (κ2) is 4.41. The standard InChI is InChI=1S/C13H16N4/c1-5-17(4)12-8-11(6-7-14-12)13-9(2)10(3)15-16-13/h6-8,15H,2-3,5H2,1,4H3. The van der Waals surface area contributed by atoms with Crippen molar-refractivity contribution >= 4 is 19.0 Å². The molecule has 0 aliphatic rings. The zero-order valence-corrected chi connectivity index (χ0v) is 10.2. The summed E-state index contributed by atoms with van der Waals surface area (Å²) < 4.78 is 0. The largest absolute Gasteiger partial charge is 0.360 e. The predicted molar refractivity (Wildman–Crippen MR) is 71.1 cm³/mol. The third-order valence-electron chi connectivity index (χ3n) is 2.84. The number of pyridine rings is 1. The van der Waals surface area contributed by atoms with E-state index in [1.807, 2.05) is 19.2 Å². The van der Waals surface area contributed by atoms with E-state index in [2.05, 4.69) is 40.2 Å². The van der Waals surface area contributed by atoms with Crippen LogP contribution in [0.5, 0.6) is 0 Å². The first-order chi connectivity index (χ1) is 8.13. The maximum atomic E-state index is 4.32. The Kier molecular flexibility index (Phi) is 2.95. The van der Waals surface area contributed by atoms with Crippen LogP contribution in [0.25, 0.3) is 24.4 Å². The summed E-state index contributed by atoms with van der Waals surface area (Å²) in [5.41, 5.74) is 1.84. The molecule has 0 aliphatic heterocycles. The highest BCUT2D eigenvalue weighted by molar-refractivity contribution is 5.63. The summed E-state index contributed by atoms with van der Waals surface area (Å²) in [5.74, 6) is 0.929. The van der Waals surface area contributed by atoms with Crippen LogP contribution in [0.2, 0.25) is 0 Å². The number of hydrogen-bond donors (Lipinski definition) is 1. The summed E-state index contributed by atoms with van der Waals surface area (Å²) in [7, 11) is 2.01. The van der Waals surface area contributed by atoms with E-state index >= 15 is 0 Å². The summed E-state index contributed by atoms with van der Waals surface area (Å²) in [4.78, 5) is 6.40. The molecule has 0 bridgehead atoms. The Labute approximate surface area is 100 Å². The zero-order chi connectivity index (χ0) is 12.4. The lowest BCUT2D eigenvalue weighted by atomic mass is 10.1. The van der Waals surface area contributed by atoms with Crippen LogP contribution >= 0.6 is 0 Å². The van der Waals surface area contributed by atoms with E-state index < -0.39 is 0 Å². The third kappa shape index (κ3) is 2.06. The van der Waals surface area contributed by atoms with Crippen LogP contribution in [-0.2, 0) is 0 Å². The van der Waals surface area contributed by atoms with Crippen LogP contribution in [0.1, 0.15) is 6.92 Å². The Morgan fingerprint density at radius 1 is 1.41 bits per heavy atom. The summed E-state index contributed by atoms with van der Waals surface area (Å²) >= 11 is 0. The zero-order valence-electron chi connectivity index (χ0n) is 10.2. The molecule has 0 fully saturated rings. The van der Waals surface area contributed by atoms with E-state index in [9.17, 15) is 0 Å². The van der Waals surface area contributed by atoms with E-state index in [0.717, 1.165) is 34.2 Å². The molecule has 1 N–H and O–H groups in total. The van der Waals surface area contributed by atoms with Gasteiger partial charge >= 0.3 is 0 Å². The molecule has 0 amide bonds. The number of aromatic amines is 1. The Morgan fingerprint density at radius 3 is 2.76 bits per heavy atom. The Balaban J connectivity index is 2.50. The summed E-state index contributed by atoms with van der Waals surface area (Å²) in [6, 6.07) is 3.94. The summed E-state index contributed by atoms with van der Waals surface area (Å²) in [6.07, 6.45) is 1.79. The number of rotatable bonds is 3. The topological polar surface area (TPSA) is 44.8 Å². The Morgan fingerprint density at radius 2 is 2.18 bits per heavy atom. The van der Waals surface area contributed by atoms with Gasteiger partial charge in [-0.2, -0.15) is 5.10 Å². The molecule has 4 heteroatoms. The molecular formula is C13H16N4. The van der Waals surface area contributed by atoms with Crippen LogP contribution in [0, 0.1) is 0 Å². The van der Waals surface area contributed by atoms with Gasteiger partial charge in [-0.25, -0.2) is 4.98 Å². The number of aromatic nitrogens is 3. The van der Waals surface area contributed by atoms with Crippen molar-refractivity contribution in [3.63, 3.8) is 0 Å². The quantitative estimate of drug-likeness (QED) is 0.843. The van der Waals surface area contributed by atoms with Crippen LogP contribution < -0.4 is 15.5 Å². The highest BCUT2D eigenvalue weighted by Crippen LogP contribution is 2.17. The molecule has 0 unspecified atom stereocenters. The van der Waals surface area contributed by atoms with Crippen molar-refractivity contribution in [2.24, 2.45) is 0 Å². The van der Waals surface area contributed by atoms with E-state index in [0.29, 0.717) is 0 Å². The minimum Gasteiger partial charge on any atom is -0.360 e. The third-order valence-corrected chi connectivity index (χ3v) is 2.84. The molecule has 0 saturated heterocycles. The molecule has 0 aliphatic carbocycles. The van der Waals surface area contributed by atoms with Gasteiger partial charge in [-0.05, 0) is 19.1 Å². The molecule has 17 heavy (non-hydrogen) atoms. The number of nitrogens with one attached hydrogen (secondary N) is 1. The summed E-state index contributed by atoms with van der Waals surface area (Å²) in [6.45, 7) is 10.8. The van der Waals surface area contributed by atoms with E-state index in [4.69, 9.17) is 0 Å². The van der Waals surface area contributed by atoms with E-state index in [1.54, 1.807) is 6.20 Å². The molecule has 2 heterocycles. The normalized spacial score (nSPS) is 10.5. The number of nitrogens with zero attached hydrogens (tertiary/aromatic N) is 3. The van der Waals surface area contributed by atoms with Gasteiger partial charge < -0.3 is 4.90 Å². The molecule has 2 aromatic rings. The van der Waals surface area contributed by atoms with Crippen LogP contribution in [-0.4, -0.2) is 28.8 Å². The second-order valence-electron chi connectivity index (χ2n) is 3.95. The van der Waals surface area contributed by atoms with Crippen molar-refractivity contribution in [2.45, 2.75) is 6.92 Å². The van der Waals surface area contributed by atoms with Gasteiger partial charge in [-0.1, -0.05) is 13.2 Å². The number of H-pyrrole nitrogens is 1. The van der Waals surface area contributed by atoms with E-state index in [-0.39, 0.29) is 0 Å². The average Bonchev–Trinajstić information content (AvgIpc) is 2.69. The van der Waals surface area contributed by atoms with Crippen LogP contribution in [0.3, 0.4) is 0 Å². The highest BCUT2D eigenvalue weighted by Gasteiger charge is 2.06. The van der Waals surface area contributed by atoms with Crippen molar-refractivity contribution in [1.29, 1.82) is 0 Å². The molecule has 2 aromatic heterocycles. The minimum absolute atomic E-state index is 0.752. The molecule has 2 rings (SSSR count). The van der Waals surface area contributed by atoms with Crippen molar-refractivity contribution in [3.8, 4) is 11.3 Å². The van der Waals surface area contributed by atoms with Crippen molar-refractivity contribution in [2.75, 3.05) is 18.5 Å². The predicted octanol–water partition coefficient (Wildman–Crippen LogP) is 0.748. The lowest BCUT2D eigenvalue weighted by Crippen LogP contribution is -2.20. The molecule has 4 nitrogen and oxygen atoms in total. The van der Waals surface area contributed by atoms with E-state index in [1.165, 1.54) is 0 Å². The highest BCUT2D eigenvalue weighted by atomic mass is 15.2. The fourth-order valence-electron chi connectivity index (χ4n) is 1.58. The first-order valence-corrected chi connectivity index (χ1v) is 5.53. The SMILES string of the molecule is C=c1[nH]nc(-c2ccnc(N(C)CC)c2)c1=C. The molecule has 0 aromatic carbocycles. The van der Waals surface area contributed by atoms with Gasteiger partial charge in [0.2, 0.25) is 0 Å². The lowest BCUT2D eigenvalue weighted by molar-refractivity contribution is 0.938. The second-order valence-corrected chi connectivity index (χ2v) is 3.95. The van der Waals surface area contributed by atoms with Crippen molar-refractivity contribution in [1.82, 2.24) is 15.2 Å². The monoisotopic (exact) mass is 228 g/mol. The van der Waals surface area contributed by atoms with Gasteiger partial charge in [-0.3, -0.25) is 5.10 Å². The lowest BCUT2D eigenvalue weighted by Gasteiger charge is -2.15. The first kappa shape index (κ1) is 11.4. The Bertz CT molecular complexity index is 615.